The summed E-state index contributed by atoms with van der Waals surface area (Å²) in [5.74, 6) is 0. The van der Waals surface area contributed by atoms with Crippen molar-refractivity contribution in [3.8, 4) is 0 Å². The average molecular weight is 166 g/mol. The van der Waals surface area contributed by atoms with E-state index in [2.05, 4.69) is 23.8 Å². The molecule has 0 aromatic heterocycles. The minimum atomic E-state index is 0.557. The van der Waals surface area contributed by atoms with Crippen LogP contribution >= 0.6 is 0 Å². The molecule has 2 N–H and O–H groups in total. The molecular formula is C10H18N2. The van der Waals surface area contributed by atoms with E-state index in [-0.39, 0.29) is 0 Å². The summed E-state index contributed by atoms with van der Waals surface area (Å²) >= 11 is 0. The maximum atomic E-state index is 3.74. The number of hydrogen-bond acceptors (Lipinski definition) is 2. The molecule has 1 aliphatic rings. The van der Waals surface area contributed by atoms with Gasteiger partial charge in [-0.3, -0.25) is 0 Å². The van der Waals surface area contributed by atoms with Gasteiger partial charge in [0.15, 0.2) is 0 Å². The minimum Gasteiger partial charge on any atom is -0.314 e. The number of rotatable bonds is 4. The van der Waals surface area contributed by atoms with Crippen LogP contribution in [0.5, 0.6) is 0 Å². The van der Waals surface area contributed by atoms with Crippen LogP contribution in [0.2, 0.25) is 0 Å². The van der Waals surface area contributed by atoms with Crippen molar-refractivity contribution in [2.45, 2.75) is 24.9 Å². The largest absolute Gasteiger partial charge is 0.314 e. The summed E-state index contributed by atoms with van der Waals surface area (Å²) in [5.41, 5.74) is 0. The molecule has 0 saturated carbocycles. The number of piperazine rings is 1. The van der Waals surface area contributed by atoms with Gasteiger partial charge in [-0.1, -0.05) is 12.2 Å². The fourth-order valence-electron chi connectivity index (χ4n) is 1.59. The lowest BCUT2D eigenvalue weighted by Crippen LogP contribution is -2.54. The van der Waals surface area contributed by atoms with Crippen molar-refractivity contribution < 1.29 is 0 Å². The normalized spacial score (nSPS) is 29.7. The van der Waals surface area contributed by atoms with Gasteiger partial charge in [-0.15, -0.1) is 13.2 Å². The van der Waals surface area contributed by atoms with Crippen LogP contribution in [0.3, 0.4) is 0 Å². The van der Waals surface area contributed by atoms with E-state index >= 15 is 0 Å². The van der Waals surface area contributed by atoms with Crippen LogP contribution in [0.25, 0.3) is 0 Å². The molecular weight excluding hydrogens is 148 g/mol. The van der Waals surface area contributed by atoms with Gasteiger partial charge in [0.05, 0.1) is 0 Å². The predicted molar refractivity (Wildman–Crippen MR) is 53.2 cm³/mol. The summed E-state index contributed by atoms with van der Waals surface area (Å²) in [6.07, 6.45) is 6.02. The standard InChI is InChI=1S/C10H18N2/c1-3-5-9-7-11-8-10(12-9)6-4-2/h3-4,9-12H,1-2,5-8H2. The molecule has 0 aromatic rings. The molecule has 0 radical (unpaired) electrons. The highest BCUT2D eigenvalue weighted by Gasteiger charge is 2.17. The van der Waals surface area contributed by atoms with E-state index in [1.165, 1.54) is 0 Å². The molecule has 1 aliphatic heterocycles. The van der Waals surface area contributed by atoms with Crippen LogP contribution in [0, 0.1) is 0 Å². The number of nitrogens with one attached hydrogen (secondary N) is 2. The molecule has 1 heterocycles. The lowest BCUT2D eigenvalue weighted by Gasteiger charge is -2.30. The Kier molecular flexibility index (Phi) is 4.05. The van der Waals surface area contributed by atoms with Crippen LogP contribution in [-0.4, -0.2) is 25.2 Å². The first-order valence-corrected chi connectivity index (χ1v) is 4.55. The van der Waals surface area contributed by atoms with Crippen molar-refractivity contribution in [3.05, 3.63) is 25.3 Å². The Morgan fingerprint density at radius 1 is 1.08 bits per heavy atom. The Morgan fingerprint density at radius 3 is 2.00 bits per heavy atom. The van der Waals surface area contributed by atoms with E-state index in [0.29, 0.717) is 12.1 Å². The van der Waals surface area contributed by atoms with Crippen LogP contribution in [0.15, 0.2) is 25.3 Å². The van der Waals surface area contributed by atoms with Crippen molar-refractivity contribution >= 4 is 0 Å². The van der Waals surface area contributed by atoms with E-state index in [4.69, 9.17) is 0 Å². The van der Waals surface area contributed by atoms with E-state index in [1.807, 2.05) is 12.2 Å². The molecule has 0 spiro atoms. The lowest BCUT2D eigenvalue weighted by molar-refractivity contribution is 0.340. The zero-order valence-electron chi connectivity index (χ0n) is 7.55. The molecule has 1 saturated heterocycles. The second kappa shape index (κ2) is 5.12. The Balaban J connectivity index is 2.29. The molecule has 0 bridgehead atoms. The SMILES string of the molecule is C=CCC1CNCC(CC=C)N1. The molecule has 68 valence electrons. The Hall–Kier alpha value is -0.600. The first kappa shape index (κ1) is 9.49. The smallest absolute Gasteiger partial charge is 0.0230 e. The third-order valence-corrected chi connectivity index (χ3v) is 2.16. The topological polar surface area (TPSA) is 24.1 Å². The highest BCUT2D eigenvalue weighted by Crippen LogP contribution is 2.02. The van der Waals surface area contributed by atoms with E-state index < -0.39 is 0 Å². The molecule has 0 aromatic carbocycles. The second-order valence-corrected chi connectivity index (χ2v) is 3.27. The van der Waals surface area contributed by atoms with Crippen molar-refractivity contribution in [2.24, 2.45) is 0 Å². The van der Waals surface area contributed by atoms with Crippen LogP contribution in [0.4, 0.5) is 0 Å². The summed E-state index contributed by atoms with van der Waals surface area (Å²) in [6, 6.07) is 1.11. The van der Waals surface area contributed by atoms with Gasteiger partial charge in [0.2, 0.25) is 0 Å². The minimum absolute atomic E-state index is 0.557. The van der Waals surface area contributed by atoms with Crippen LogP contribution in [0.1, 0.15) is 12.8 Å². The summed E-state index contributed by atoms with van der Waals surface area (Å²) in [4.78, 5) is 0. The summed E-state index contributed by atoms with van der Waals surface area (Å²) in [7, 11) is 0. The van der Waals surface area contributed by atoms with Gasteiger partial charge in [-0.25, -0.2) is 0 Å². The zero-order chi connectivity index (χ0) is 8.81. The molecule has 12 heavy (non-hydrogen) atoms. The highest BCUT2D eigenvalue weighted by molar-refractivity contribution is 4.90. The Bertz CT molecular complexity index is 138. The van der Waals surface area contributed by atoms with Crippen molar-refractivity contribution in [1.82, 2.24) is 10.6 Å². The van der Waals surface area contributed by atoms with Crippen LogP contribution < -0.4 is 10.6 Å². The fourth-order valence-corrected chi connectivity index (χ4v) is 1.59. The van der Waals surface area contributed by atoms with Gasteiger partial charge in [0.1, 0.15) is 0 Å². The van der Waals surface area contributed by atoms with Gasteiger partial charge in [0.25, 0.3) is 0 Å². The molecule has 2 atom stereocenters. The first-order valence-electron chi connectivity index (χ1n) is 4.55. The van der Waals surface area contributed by atoms with Gasteiger partial charge < -0.3 is 10.6 Å². The van der Waals surface area contributed by atoms with Crippen molar-refractivity contribution in [1.29, 1.82) is 0 Å². The fraction of sp³-hybridized carbons (Fsp3) is 0.600. The van der Waals surface area contributed by atoms with E-state index in [9.17, 15) is 0 Å². The van der Waals surface area contributed by atoms with E-state index in [1.54, 1.807) is 0 Å². The maximum Gasteiger partial charge on any atom is 0.0230 e. The maximum absolute atomic E-state index is 3.74. The molecule has 0 amide bonds. The van der Waals surface area contributed by atoms with Crippen molar-refractivity contribution in [3.63, 3.8) is 0 Å². The second-order valence-electron chi connectivity index (χ2n) is 3.27. The van der Waals surface area contributed by atoms with Gasteiger partial charge in [-0.2, -0.15) is 0 Å². The van der Waals surface area contributed by atoms with Gasteiger partial charge in [-0.05, 0) is 12.8 Å². The molecule has 1 fully saturated rings. The van der Waals surface area contributed by atoms with Crippen LogP contribution in [-0.2, 0) is 0 Å². The summed E-state index contributed by atoms with van der Waals surface area (Å²) in [5, 5.41) is 6.95. The number of hydrogen-bond donors (Lipinski definition) is 2. The lowest BCUT2D eigenvalue weighted by atomic mass is 10.1. The van der Waals surface area contributed by atoms with Gasteiger partial charge in [0, 0.05) is 25.2 Å². The predicted octanol–water partition coefficient (Wildman–Crippen LogP) is 1.07. The quantitative estimate of drug-likeness (QED) is 0.610. The Labute approximate surface area is 74.7 Å². The zero-order valence-corrected chi connectivity index (χ0v) is 7.55. The average Bonchev–Trinajstić information content (AvgIpc) is 2.06. The highest BCUT2D eigenvalue weighted by atomic mass is 15.1. The monoisotopic (exact) mass is 166 g/mol. The third kappa shape index (κ3) is 2.80. The summed E-state index contributed by atoms with van der Waals surface area (Å²) in [6.45, 7) is 9.59. The third-order valence-electron chi connectivity index (χ3n) is 2.16. The molecule has 2 nitrogen and oxygen atoms in total. The molecule has 1 rings (SSSR count). The van der Waals surface area contributed by atoms with E-state index in [0.717, 1.165) is 25.9 Å². The molecule has 2 heteroatoms. The van der Waals surface area contributed by atoms with Gasteiger partial charge >= 0.3 is 0 Å². The molecule has 0 aliphatic carbocycles. The first-order chi connectivity index (χ1) is 5.86. The summed E-state index contributed by atoms with van der Waals surface area (Å²) < 4.78 is 0. The molecule has 2 unspecified atom stereocenters. The van der Waals surface area contributed by atoms with Crippen molar-refractivity contribution in [2.75, 3.05) is 13.1 Å². The Morgan fingerprint density at radius 2 is 1.58 bits per heavy atom.